The van der Waals surface area contributed by atoms with Crippen molar-refractivity contribution in [2.75, 3.05) is 16.6 Å². The van der Waals surface area contributed by atoms with Crippen LogP contribution in [0.2, 0.25) is 5.02 Å². The minimum absolute atomic E-state index is 0.0625. The topological polar surface area (TPSA) is 131 Å². The lowest BCUT2D eigenvalue weighted by molar-refractivity contribution is 0.0940. The summed E-state index contributed by atoms with van der Waals surface area (Å²) in [6.45, 7) is 3.56. The van der Waals surface area contributed by atoms with E-state index in [-0.39, 0.29) is 32.8 Å². The van der Waals surface area contributed by atoms with E-state index < -0.39 is 26.0 Å². The zero-order chi connectivity index (χ0) is 25.8. The molecule has 0 fully saturated rings. The number of carbonyl (C=O) groups excluding carboxylic acids is 1. The monoisotopic (exact) mass is 537 g/mol. The van der Waals surface area contributed by atoms with Crippen LogP contribution in [0, 0.1) is 0 Å². The molecule has 0 saturated carbocycles. The van der Waals surface area contributed by atoms with Gasteiger partial charge in [0, 0.05) is 22.4 Å². The number of amides is 1. The van der Waals surface area contributed by atoms with Gasteiger partial charge in [-0.3, -0.25) is 14.2 Å². The van der Waals surface area contributed by atoms with Crippen LogP contribution in [0.1, 0.15) is 24.2 Å². The zero-order valence-corrected chi connectivity index (χ0v) is 21.5. The predicted molar refractivity (Wildman–Crippen MR) is 135 cm³/mol. The Bertz CT molecular complexity index is 1420. The number of hydrogen-bond acceptors (Lipinski definition) is 6. The van der Waals surface area contributed by atoms with Gasteiger partial charge in [0.2, 0.25) is 0 Å². The number of sulfonamides is 2. The number of halogens is 1. The van der Waals surface area contributed by atoms with Crippen molar-refractivity contribution in [1.29, 1.82) is 0 Å². The maximum atomic E-state index is 12.9. The van der Waals surface area contributed by atoms with Crippen molar-refractivity contribution in [2.45, 2.75) is 29.7 Å². The summed E-state index contributed by atoms with van der Waals surface area (Å²) < 4.78 is 61.1. The number of nitrogens with one attached hydrogen (secondary N) is 3. The molecule has 0 saturated heterocycles. The van der Waals surface area contributed by atoms with E-state index in [4.69, 9.17) is 16.3 Å². The zero-order valence-electron chi connectivity index (χ0n) is 19.1. The molecule has 3 aromatic rings. The van der Waals surface area contributed by atoms with E-state index >= 15 is 0 Å². The van der Waals surface area contributed by atoms with Gasteiger partial charge in [-0.2, -0.15) is 0 Å². The SMILES string of the molecule is COc1ccc(S(=O)(=O)Nc2ccc(S(=O)(=O)Nc3ccc(Cl)cc3)cc2)cc1C(=O)NC(C)C. The first-order chi connectivity index (χ1) is 16.4. The Labute approximate surface area is 209 Å². The first-order valence-corrected chi connectivity index (χ1v) is 13.7. The second-order valence-electron chi connectivity index (χ2n) is 7.73. The number of ether oxygens (including phenoxy) is 1. The molecule has 0 aliphatic carbocycles. The fourth-order valence-corrected chi connectivity index (χ4v) is 5.29. The molecule has 0 aromatic heterocycles. The molecule has 12 heteroatoms. The second kappa shape index (κ2) is 10.5. The Morgan fingerprint density at radius 1 is 0.800 bits per heavy atom. The van der Waals surface area contributed by atoms with Crippen molar-refractivity contribution in [3.8, 4) is 5.75 Å². The van der Waals surface area contributed by atoms with Crippen LogP contribution in [0.5, 0.6) is 5.75 Å². The number of benzene rings is 3. The molecule has 0 aliphatic rings. The Morgan fingerprint density at radius 2 is 1.29 bits per heavy atom. The van der Waals surface area contributed by atoms with Crippen molar-refractivity contribution in [3.63, 3.8) is 0 Å². The first kappa shape index (κ1) is 26.3. The highest BCUT2D eigenvalue weighted by Gasteiger charge is 2.21. The minimum atomic E-state index is -4.09. The van der Waals surface area contributed by atoms with Gasteiger partial charge in [0.25, 0.3) is 26.0 Å². The summed E-state index contributed by atoms with van der Waals surface area (Å²) in [6.07, 6.45) is 0. The molecule has 186 valence electrons. The standard InChI is InChI=1S/C23H24ClN3O6S2/c1-15(2)25-23(28)21-14-20(12-13-22(21)33-3)35(31,32)27-18-8-10-19(11-9-18)34(29,30)26-17-6-4-16(24)5-7-17/h4-15,26-27H,1-3H3,(H,25,28). The highest BCUT2D eigenvalue weighted by molar-refractivity contribution is 7.93. The molecule has 0 radical (unpaired) electrons. The summed E-state index contributed by atoms with van der Waals surface area (Å²) >= 11 is 5.81. The normalized spacial score (nSPS) is 11.7. The van der Waals surface area contributed by atoms with Crippen molar-refractivity contribution in [1.82, 2.24) is 5.32 Å². The number of carbonyl (C=O) groups is 1. The predicted octanol–water partition coefficient (Wildman–Crippen LogP) is 4.09. The van der Waals surface area contributed by atoms with E-state index in [1.54, 1.807) is 26.0 Å². The number of hydrogen-bond donors (Lipinski definition) is 3. The Hall–Kier alpha value is -3.28. The van der Waals surface area contributed by atoms with Crippen molar-refractivity contribution in [3.05, 3.63) is 77.3 Å². The van der Waals surface area contributed by atoms with Crippen LogP contribution in [0.15, 0.2) is 76.5 Å². The molecule has 0 unspecified atom stereocenters. The molecule has 35 heavy (non-hydrogen) atoms. The molecule has 0 atom stereocenters. The molecular weight excluding hydrogens is 514 g/mol. The van der Waals surface area contributed by atoms with Gasteiger partial charge >= 0.3 is 0 Å². The number of methoxy groups -OCH3 is 1. The molecule has 1 amide bonds. The summed E-state index contributed by atoms with van der Waals surface area (Å²) in [5.41, 5.74) is 0.536. The van der Waals surface area contributed by atoms with Crippen LogP contribution in [0.4, 0.5) is 11.4 Å². The Kier molecular flexibility index (Phi) is 7.93. The molecule has 0 heterocycles. The third-order valence-corrected chi connectivity index (χ3v) is 7.69. The van der Waals surface area contributed by atoms with E-state index in [1.165, 1.54) is 61.7 Å². The van der Waals surface area contributed by atoms with Gasteiger partial charge in [0.1, 0.15) is 5.75 Å². The van der Waals surface area contributed by atoms with Crippen LogP contribution >= 0.6 is 11.6 Å². The van der Waals surface area contributed by atoms with Crippen LogP contribution in [0.25, 0.3) is 0 Å². The van der Waals surface area contributed by atoms with Crippen molar-refractivity contribution >= 4 is 48.9 Å². The molecular formula is C23H24ClN3O6S2. The summed E-state index contributed by atoms with van der Waals surface area (Å²) in [4.78, 5) is 12.3. The fourth-order valence-electron chi connectivity index (χ4n) is 3.02. The van der Waals surface area contributed by atoms with E-state index in [0.29, 0.717) is 10.7 Å². The first-order valence-electron chi connectivity index (χ1n) is 10.3. The van der Waals surface area contributed by atoms with Gasteiger partial charge < -0.3 is 10.1 Å². The van der Waals surface area contributed by atoms with Crippen molar-refractivity contribution < 1.29 is 26.4 Å². The molecule has 0 bridgehead atoms. The molecule has 0 spiro atoms. The Balaban J connectivity index is 1.81. The summed E-state index contributed by atoms with van der Waals surface area (Å²) in [5.74, 6) is -0.249. The molecule has 3 rings (SSSR count). The van der Waals surface area contributed by atoms with E-state index in [1.807, 2.05) is 0 Å². The van der Waals surface area contributed by atoms with Crippen LogP contribution in [0.3, 0.4) is 0 Å². The highest BCUT2D eigenvalue weighted by Crippen LogP contribution is 2.25. The smallest absolute Gasteiger partial charge is 0.261 e. The lowest BCUT2D eigenvalue weighted by Gasteiger charge is -2.14. The van der Waals surface area contributed by atoms with Gasteiger partial charge in [0.15, 0.2) is 0 Å². The average molecular weight is 538 g/mol. The summed E-state index contributed by atoms with van der Waals surface area (Å²) in [5, 5.41) is 3.17. The summed E-state index contributed by atoms with van der Waals surface area (Å²) in [6, 6.07) is 15.1. The van der Waals surface area contributed by atoms with Gasteiger partial charge in [-0.1, -0.05) is 11.6 Å². The van der Waals surface area contributed by atoms with Crippen LogP contribution < -0.4 is 19.5 Å². The highest BCUT2D eigenvalue weighted by atomic mass is 35.5. The van der Waals surface area contributed by atoms with E-state index in [9.17, 15) is 21.6 Å². The molecule has 3 aromatic carbocycles. The van der Waals surface area contributed by atoms with Gasteiger partial charge in [0.05, 0.1) is 22.5 Å². The second-order valence-corrected chi connectivity index (χ2v) is 11.5. The fraction of sp³-hybridized carbons (Fsp3) is 0.174. The molecule has 0 aliphatic heterocycles. The lowest BCUT2D eigenvalue weighted by atomic mass is 10.2. The quantitative estimate of drug-likeness (QED) is 0.377. The maximum Gasteiger partial charge on any atom is 0.261 e. The molecule has 9 nitrogen and oxygen atoms in total. The third-order valence-electron chi connectivity index (χ3n) is 4.66. The van der Waals surface area contributed by atoms with Gasteiger partial charge in [-0.15, -0.1) is 0 Å². The maximum absolute atomic E-state index is 12.9. The van der Waals surface area contributed by atoms with E-state index in [0.717, 1.165) is 0 Å². The third kappa shape index (κ3) is 6.65. The van der Waals surface area contributed by atoms with Crippen LogP contribution in [-0.4, -0.2) is 35.9 Å². The Morgan fingerprint density at radius 3 is 1.80 bits per heavy atom. The minimum Gasteiger partial charge on any atom is -0.496 e. The summed E-state index contributed by atoms with van der Waals surface area (Å²) in [7, 11) is -6.61. The van der Waals surface area contributed by atoms with E-state index in [2.05, 4.69) is 14.8 Å². The largest absolute Gasteiger partial charge is 0.496 e. The number of anilines is 2. The van der Waals surface area contributed by atoms with Crippen molar-refractivity contribution in [2.24, 2.45) is 0 Å². The van der Waals surface area contributed by atoms with Gasteiger partial charge in [-0.05, 0) is 80.6 Å². The van der Waals surface area contributed by atoms with Crippen LogP contribution in [-0.2, 0) is 20.0 Å². The molecule has 3 N–H and O–H groups in total. The van der Waals surface area contributed by atoms with Gasteiger partial charge in [-0.25, -0.2) is 16.8 Å². The number of rotatable bonds is 9. The lowest BCUT2D eigenvalue weighted by Crippen LogP contribution is -2.30. The average Bonchev–Trinajstić information content (AvgIpc) is 2.79.